The Labute approximate surface area is 103 Å². The van der Waals surface area contributed by atoms with Crippen LogP contribution in [0.25, 0.3) is 0 Å². The van der Waals surface area contributed by atoms with Crippen LogP contribution in [-0.2, 0) is 9.53 Å². The molecule has 0 heterocycles. The van der Waals surface area contributed by atoms with Crippen LogP contribution in [0, 0.1) is 0 Å². The number of hydrogen-bond donors (Lipinski definition) is 2. The molecule has 4 nitrogen and oxygen atoms in total. The zero-order valence-corrected chi connectivity index (χ0v) is 10.7. The van der Waals surface area contributed by atoms with Crippen LogP contribution < -0.4 is 11.1 Å². The maximum Gasteiger partial charge on any atom is 0.237 e. The van der Waals surface area contributed by atoms with Gasteiger partial charge >= 0.3 is 0 Å². The van der Waals surface area contributed by atoms with Crippen molar-refractivity contribution in [1.82, 2.24) is 5.32 Å². The van der Waals surface area contributed by atoms with Crippen LogP contribution in [0.3, 0.4) is 0 Å². The van der Waals surface area contributed by atoms with Gasteiger partial charge in [0.25, 0.3) is 0 Å². The third kappa shape index (κ3) is 2.80. The normalized spacial score (nSPS) is 34.3. The van der Waals surface area contributed by atoms with Gasteiger partial charge in [-0.15, -0.1) is 0 Å². The van der Waals surface area contributed by atoms with Gasteiger partial charge in [0.2, 0.25) is 5.91 Å². The van der Waals surface area contributed by atoms with Gasteiger partial charge < -0.3 is 15.8 Å². The molecule has 0 aliphatic heterocycles. The molecule has 2 aliphatic rings. The summed E-state index contributed by atoms with van der Waals surface area (Å²) in [6.07, 6.45) is 7.90. The molecule has 2 rings (SSSR count). The van der Waals surface area contributed by atoms with Crippen molar-refractivity contribution >= 4 is 5.91 Å². The van der Waals surface area contributed by atoms with Gasteiger partial charge in [0.1, 0.15) is 5.54 Å². The molecule has 0 aromatic heterocycles. The molecule has 0 aromatic carbocycles. The maximum absolute atomic E-state index is 11.6. The summed E-state index contributed by atoms with van der Waals surface area (Å²) in [6.45, 7) is 2.70. The molecule has 3 N–H and O–H groups in total. The number of nitrogens with one attached hydrogen (secondary N) is 1. The second kappa shape index (κ2) is 5.36. The Balaban J connectivity index is 1.88. The SMILES string of the molecule is CCOC1CC(NC2CCCCC2)(C(N)=O)C1. The zero-order chi connectivity index (χ0) is 12.3. The number of nitrogens with two attached hydrogens (primary N) is 1. The van der Waals surface area contributed by atoms with Gasteiger partial charge in [-0.05, 0) is 19.8 Å². The topological polar surface area (TPSA) is 64.3 Å². The summed E-state index contributed by atoms with van der Waals surface area (Å²) in [6, 6.07) is 0.471. The van der Waals surface area contributed by atoms with Crippen LogP contribution in [0.5, 0.6) is 0 Å². The molecule has 0 saturated heterocycles. The summed E-state index contributed by atoms with van der Waals surface area (Å²) in [5, 5.41) is 3.50. The second-order valence-corrected chi connectivity index (χ2v) is 5.41. The minimum absolute atomic E-state index is 0.209. The monoisotopic (exact) mass is 240 g/mol. The molecule has 4 heteroatoms. The number of rotatable bonds is 5. The van der Waals surface area contributed by atoms with Gasteiger partial charge in [0.15, 0.2) is 0 Å². The Bertz CT molecular complexity index is 269. The highest BCUT2D eigenvalue weighted by molar-refractivity contribution is 5.86. The van der Waals surface area contributed by atoms with Crippen molar-refractivity contribution in [2.75, 3.05) is 6.61 Å². The minimum atomic E-state index is -0.484. The molecule has 17 heavy (non-hydrogen) atoms. The van der Waals surface area contributed by atoms with E-state index in [1.807, 2.05) is 6.92 Å². The Morgan fingerprint density at radius 1 is 1.35 bits per heavy atom. The van der Waals surface area contributed by atoms with E-state index in [0.29, 0.717) is 12.6 Å². The summed E-state index contributed by atoms with van der Waals surface area (Å²) in [7, 11) is 0. The molecule has 98 valence electrons. The van der Waals surface area contributed by atoms with Gasteiger partial charge in [-0.3, -0.25) is 4.79 Å². The van der Waals surface area contributed by atoms with Gasteiger partial charge in [-0.25, -0.2) is 0 Å². The standard InChI is InChI=1S/C13H24N2O2/c1-2-17-11-8-13(9-11,12(14)16)15-10-6-4-3-5-7-10/h10-11,15H,2-9H2,1H3,(H2,14,16). The highest BCUT2D eigenvalue weighted by atomic mass is 16.5. The average molecular weight is 240 g/mol. The quantitative estimate of drug-likeness (QED) is 0.762. The first kappa shape index (κ1) is 12.8. The van der Waals surface area contributed by atoms with E-state index < -0.39 is 5.54 Å². The van der Waals surface area contributed by atoms with Crippen LogP contribution in [0.15, 0.2) is 0 Å². The number of primary amides is 1. The molecule has 0 spiro atoms. The lowest BCUT2D eigenvalue weighted by atomic mass is 9.72. The van der Waals surface area contributed by atoms with Crippen molar-refractivity contribution in [3.8, 4) is 0 Å². The van der Waals surface area contributed by atoms with Crippen molar-refractivity contribution in [1.29, 1.82) is 0 Å². The van der Waals surface area contributed by atoms with E-state index in [4.69, 9.17) is 10.5 Å². The molecule has 2 saturated carbocycles. The van der Waals surface area contributed by atoms with E-state index >= 15 is 0 Å². The summed E-state index contributed by atoms with van der Waals surface area (Å²) in [4.78, 5) is 11.6. The van der Waals surface area contributed by atoms with Gasteiger partial charge in [0.05, 0.1) is 6.10 Å². The van der Waals surface area contributed by atoms with Crippen LogP contribution in [0.4, 0.5) is 0 Å². The fourth-order valence-electron chi connectivity index (χ4n) is 3.10. The lowest BCUT2D eigenvalue weighted by molar-refractivity contribution is -0.137. The zero-order valence-electron chi connectivity index (χ0n) is 10.7. The van der Waals surface area contributed by atoms with E-state index in [-0.39, 0.29) is 12.0 Å². The molecule has 2 aliphatic carbocycles. The van der Waals surface area contributed by atoms with Gasteiger partial charge in [-0.2, -0.15) is 0 Å². The Kier molecular flexibility index (Phi) is 4.05. The largest absolute Gasteiger partial charge is 0.378 e. The molecule has 0 atom stereocenters. The lowest BCUT2D eigenvalue weighted by Gasteiger charge is -2.47. The molecule has 0 unspecified atom stereocenters. The number of hydrogen-bond acceptors (Lipinski definition) is 3. The van der Waals surface area contributed by atoms with Crippen LogP contribution in [0.1, 0.15) is 51.9 Å². The lowest BCUT2D eigenvalue weighted by Crippen LogP contribution is -2.67. The van der Waals surface area contributed by atoms with Crippen molar-refractivity contribution in [2.24, 2.45) is 5.73 Å². The summed E-state index contributed by atoms with van der Waals surface area (Å²) in [5.74, 6) is -0.209. The molecule has 0 bridgehead atoms. The van der Waals surface area contributed by atoms with Crippen molar-refractivity contribution in [3.05, 3.63) is 0 Å². The van der Waals surface area contributed by atoms with E-state index in [9.17, 15) is 4.79 Å². The molecular weight excluding hydrogens is 216 g/mol. The minimum Gasteiger partial charge on any atom is -0.378 e. The third-order valence-electron chi connectivity index (χ3n) is 4.11. The Morgan fingerprint density at radius 3 is 2.53 bits per heavy atom. The summed E-state index contributed by atoms with van der Waals surface area (Å²) >= 11 is 0. The number of carbonyl (C=O) groups is 1. The Hall–Kier alpha value is -0.610. The maximum atomic E-state index is 11.6. The van der Waals surface area contributed by atoms with E-state index in [1.54, 1.807) is 0 Å². The van der Waals surface area contributed by atoms with Crippen LogP contribution in [-0.4, -0.2) is 30.2 Å². The van der Waals surface area contributed by atoms with E-state index in [1.165, 1.54) is 32.1 Å². The van der Waals surface area contributed by atoms with Crippen molar-refractivity contribution < 1.29 is 9.53 Å². The smallest absolute Gasteiger partial charge is 0.237 e. The first-order valence-electron chi connectivity index (χ1n) is 6.85. The predicted molar refractivity (Wildman–Crippen MR) is 66.6 cm³/mol. The van der Waals surface area contributed by atoms with Crippen molar-refractivity contribution in [3.63, 3.8) is 0 Å². The highest BCUT2D eigenvalue weighted by Gasteiger charge is 2.50. The molecule has 0 radical (unpaired) electrons. The Morgan fingerprint density at radius 2 is 2.00 bits per heavy atom. The van der Waals surface area contributed by atoms with E-state index in [0.717, 1.165) is 12.8 Å². The first-order chi connectivity index (χ1) is 8.16. The predicted octanol–water partition coefficient (Wildman–Crippen LogP) is 1.33. The second-order valence-electron chi connectivity index (χ2n) is 5.41. The van der Waals surface area contributed by atoms with E-state index in [2.05, 4.69) is 5.32 Å². The van der Waals surface area contributed by atoms with Crippen LogP contribution >= 0.6 is 0 Å². The molecule has 1 amide bonds. The summed E-state index contributed by atoms with van der Waals surface area (Å²) < 4.78 is 5.52. The summed E-state index contributed by atoms with van der Waals surface area (Å²) in [5.41, 5.74) is 5.07. The third-order valence-corrected chi connectivity index (χ3v) is 4.11. The van der Waals surface area contributed by atoms with Gasteiger partial charge in [-0.1, -0.05) is 19.3 Å². The number of amides is 1. The fourth-order valence-corrected chi connectivity index (χ4v) is 3.10. The highest BCUT2D eigenvalue weighted by Crippen LogP contribution is 2.36. The van der Waals surface area contributed by atoms with Crippen molar-refractivity contribution in [2.45, 2.75) is 69.6 Å². The van der Waals surface area contributed by atoms with Gasteiger partial charge in [0, 0.05) is 25.5 Å². The average Bonchev–Trinajstić information content (AvgIpc) is 2.27. The van der Waals surface area contributed by atoms with Crippen LogP contribution in [0.2, 0.25) is 0 Å². The first-order valence-corrected chi connectivity index (χ1v) is 6.85. The molecular formula is C13H24N2O2. The fraction of sp³-hybridized carbons (Fsp3) is 0.923. The molecule has 0 aromatic rings. The number of carbonyl (C=O) groups excluding carboxylic acids is 1. The molecule has 2 fully saturated rings. The number of ether oxygens (including phenoxy) is 1.